The number of piperidine rings is 1. The van der Waals surface area contributed by atoms with Crippen LogP contribution in [0.25, 0.3) is 0 Å². The second-order valence-corrected chi connectivity index (χ2v) is 6.48. The smallest absolute Gasteiger partial charge is 0.0242 e. The summed E-state index contributed by atoms with van der Waals surface area (Å²) in [4.78, 5) is 5.50. The van der Waals surface area contributed by atoms with Crippen LogP contribution in [0.5, 0.6) is 0 Å². The Morgan fingerprint density at radius 1 is 1.12 bits per heavy atom. The maximum atomic E-state index is 3.47. The van der Waals surface area contributed by atoms with Gasteiger partial charge in [-0.05, 0) is 52.1 Å². The molecule has 0 aromatic heterocycles. The Morgan fingerprint density at radius 3 is 2.47 bits per heavy atom. The van der Waals surface area contributed by atoms with E-state index in [1.807, 2.05) is 0 Å². The molecular weight excluding hydrogens is 210 g/mol. The summed E-state index contributed by atoms with van der Waals surface area (Å²) in [6, 6.07) is 2.48. The molecule has 0 saturated carbocycles. The summed E-state index contributed by atoms with van der Waals surface area (Å²) >= 11 is 0. The van der Waals surface area contributed by atoms with Gasteiger partial charge >= 0.3 is 0 Å². The predicted octanol–water partition coefficient (Wildman–Crippen LogP) is 1.15. The first-order chi connectivity index (χ1) is 8.24. The molecule has 3 aliphatic heterocycles. The fourth-order valence-corrected chi connectivity index (χ4v) is 4.03. The lowest BCUT2D eigenvalue weighted by Gasteiger charge is -2.38. The number of hydrogen-bond acceptors (Lipinski definition) is 3. The van der Waals surface area contributed by atoms with Crippen LogP contribution in [0.2, 0.25) is 0 Å². The molecule has 2 unspecified atom stereocenters. The number of nitrogens with one attached hydrogen (secondary N) is 1. The zero-order chi connectivity index (χ0) is 11.8. The van der Waals surface area contributed by atoms with E-state index in [2.05, 4.69) is 29.0 Å². The van der Waals surface area contributed by atoms with Crippen LogP contribution in [0.1, 0.15) is 33.1 Å². The van der Waals surface area contributed by atoms with E-state index >= 15 is 0 Å². The van der Waals surface area contributed by atoms with Gasteiger partial charge in [0.05, 0.1) is 0 Å². The molecule has 1 N–H and O–H groups in total. The second-order valence-electron chi connectivity index (χ2n) is 6.48. The largest absolute Gasteiger partial charge is 0.317 e. The van der Waals surface area contributed by atoms with E-state index in [0.29, 0.717) is 0 Å². The molecule has 0 spiro atoms. The van der Waals surface area contributed by atoms with Crippen molar-refractivity contribution < 1.29 is 0 Å². The van der Waals surface area contributed by atoms with Crippen molar-refractivity contribution in [3.8, 4) is 0 Å². The van der Waals surface area contributed by atoms with E-state index < -0.39 is 0 Å². The fraction of sp³-hybridized carbons (Fsp3) is 1.00. The maximum absolute atomic E-state index is 3.47. The van der Waals surface area contributed by atoms with Gasteiger partial charge in [-0.3, -0.25) is 9.80 Å². The van der Waals surface area contributed by atoms with Gasteiger partial charge in [0.1, 0.15) is 0 Å². The lowest BCUT2D eigenvalue weighted by atomic mass is 9.97. The zero-order valence-corrected chi connectivity index (χ0v) is 11.4. The number of nitrogens with zero attached hydrogens (tertiary/aromatic N) is 2. The summed E-state index contributed by atoms with van der Waals surface area (Å²) in [5.41, 5.74) is 0. The first-order valence-electron chi connectivity index (χ1n) is 7.44. The molecule has 0 aliphatic carbocycles. The third-order valence-electron chi connectivity index (χ3n) is 5.01. The van der Waals surface area contributed by atoms with Crippen LogP contribution in [0.3, 0.4) is 0 Å². The van der Waals surface area contributed by atoms with Gasteiger partial charge in [0.15, 0.2) is 0 Å². The third kappa shape index (κ3) is 2.38. The molecule has 2 bridgehead atoms. The normalized spacial score (nSPS) is 36.2. The molecule has 3 aliphatic rings. The van der Waals surface area contributed by atoms with Crippen LogP contribution in [0, 0.1) is 5.92 Å². The summed E-state index contributed by atoms with van der Waals surface area (Å²) in [6.07, 6.45) is 4.21. The average molecular weight is 237 g/mol. The van der Waals surface area contributed by atoms with Gasteiger partial charge in [0, 0.05) is 37.8 Å². The topological polar surface area (TPSA) is 18.5 Å². The van der Waals surface area contributed by atoms with E-state index in [0.717, 1.165) is 24.0 Å². The highest BCUT2D eigenvalue weighted by atomic mass is 15.4. The van der Waals surface area contributed by atoms with Crippen molar-refractivity contribution in [3.63, 3.8) is 0 Å². The average Bonchev–Trinajstić information content (AvgIpc) is 2.89. The summed E-state index contributed by atoms with van der Waals surface area (Å²) in [5, 5.41) is 3.47. The molecule has 17 heavy (non-hydrogen) atoms. The summed E-state index contributed by atoms with van der Waals surface area (Å²) in [5.74, 6) is 0.961. The maximum Gasteiger partial charge on any atom is 0.0242 e. The van der Waals surface area contributed by atoms with Crippen molar-refractivity contribution >= 4 is 0 Å². The highest BCUT2D eigenvalue weighted by Gasteiger charge is 2.44. The van der Waals surface area contributed by atoms with Crippen molar-refractivity contribution in [2.45, 2.75) is 51.2 Å². The monoisotopic (exact) mass is 237 g/mol. The van der Waals surface area contributed by atoms with Crippen LogP contribution < -0.4 is 5.32 Å². The van der Waals surface area contributed by atoms with Crippen molar-refractivity contribution in [1.29, 1.82) is 0 Å². The Morgan fingerprint density at radius 2 is 1.88 bits per heavy atom. The van der Waals surface area contributed by atoms with E-state index in [1.165, 1.54) is 52.0 Å². The van der Waals surface area contributed by atoms with Crippen molar-refractivity contribution in [1.82, 2.24) is 15.1 Å². The van der Waals surface area contributed by atoms with E-state index in [-0.39, 0.29) is 0 Å². The van der Waals surface area contributed by atoms with Crippen LogP contribution in [-0.4, -0.2) is 60.6 Å². The Kier molecular flexibility index (Phi) is 3.42. The molecule has 3 saturated heterocycles. The first-order valence-corrected chi connectivity index (χ1v) is 7.44. The number of piperazine rings is 1. The Bertz CT molecular complexity index is 260. The zero-order valence-electron chi connectivity index (χ0n) is 11.4. The third-order valence-corrected chi connectivity index (χ3v) is 5.01. The Labute approximate surface area is 106 Å². The van der Waals surface area contributed by atoms with Gasteiger partial charge in [0.25, 0.3) is 0 Å². The van der Waals surface area contributed by atoms with Crippen molar-refractivity contribution in [2.24, 2.45) is 5.92 Å². The van der Waals surface area contributed by atoms with E-state index in [9.17, 15) is 0 Å². The van der Waals surface area contributed by atoms with Crippen molar-refractivity contribution in [3.05, 3.63) is 0 Å². The Hall–Kier alpha value is -0.120. The lowest BCUT2D eigenvalue weighted by Crippen LogP contribution is -2.50. The molecule has 3 nitrogen and oxygen atoms in total. The highest BCUT2D eigenvalue weighted by molar-refractivity contribution is 5.01. The summed E-state index contributed by atoms with van der Waals surface area (Å²) in [7, 11) is 0. The van der Waals surface area contributed by atoms with Gasteiger partial charge in [0.2, 0.25) is 0 Å². The molecule has 98 valence electrons. The summed E-state index contributed by atoms with van der Waals surface area (Å²) < 4.78 is 0. The Balaban J connectivity index is 1.52. The standard InChI is InChI=1S/C14H27N3/c1-11(2)17-10-13-7-14(17)9-16(13)8-12-3-5-15-6-4-12/h11-15H,3-10H2,1-2H3. The molecule has 0 radical (unpaired) electrons. The van der Waals surface area contributed by atoms with Gasteiger partial charge in [-0.1, -0.05) is 0 Å². The molecule has 0 aromatic carbocycles. The van der Waals surface area contributed by atoms with Gasteiger partial charge in [-0.15, -0.1) is 0 Å². The molecule has 3 heteroatoms. The van der Waals surface area contributed by atoms with Gasteiger partial charge < -0.3 is 5.32 Å². The number of fused-ring (bicyclic) bond motifs is 2. The van der Waals surface area contributed by atoms with Crippen LogP contribution in [-0.2, 0) is 0 Å². The molecule has 3 fully saturated rings. The molecule has 3 heterocycles. The predicted molar refractivity (Wildman–Crippen MR) is 71.2 cm³/mol. The van der Waals surface area contributed by atoms with Crippen LogP contribution >= 0.6 is 0 Å². The summed E-state index contributed by atoms with van der Waals surface area (Å²) in [6.45, 7) is 11.2. The molecule has 0 aromatic rings. The van der Waals surface area contributed by atoms with Crippen LogP contribution in [0.4, 0.5) is 0 Å². The van der Waals surface area contributed by atoms with Crippen LogP contribution in [0.15, 0.2) is 0 Å². The van der Waals surface area contributed by atoms with E-state index in [1.54, 1.807) is 0 Å². The minimum absolute atomic E-state index is 0.742. The minimum Gasteiger partial charge on any atom is -0.317 e. The lowest BCUT2D eigenvalue weighted by molar-refractivity contribution is 0.0885. The number of likely N-dealkylation sites (tertiary alicyclic amines) is 2. The van der Waals surface area contributed by atoms with Gasteiger partial charge in [-0.2, -0.15) is 0 Å². The number of hydrogen-bond donors (Lipinski definition) is 1. The quantitative estimate of drug-likeness (QED) is 0.794. The SMILES string of the molecule is CC(C)N1CC2CC1CN2CC1CCNCC1. The second kappa shape index (κ2) is 4.87. The van der Waals surface area contributed by atoms with E-state index in [4.69, 9.17) is 0 Å². The molecule has 2 atom stereocenters. The molecule has 0 amide bonds. The highest BCUT2D eigenvalue weighted by Crippen LogP contribution is 2.33. The number of rotatable bonds is 3. The van der Waals surface area contributed by atoms with Crippen molar-refractivity contribution in [2.75, 3.05) is 32.7 Å². The van der Waals surface area contributed by atoms with Gasteiger partial charge in [-0.25, -0.2) is 0 Å². The molecular formula is C14H27N3. The fourth-order valence-electron chi connectivity index (χ4n) is 4.03. The minimum atomic E-state index is 0.742. The molecule has 3 rings (SSSR count). The first kappa shape index (κ1) is 11.9.